The van der Waals surface area contributed by atoms with Crippen molar-refractivity contribution < 1.29 is 9.32 Å². The number of anilines is 1. The van der Waals surface area contributed by atoms with Crippen molar-refractivity contribution in [3.63, 3.8) is 0 Å². The molecule has 6 nitrogen and oxygen atoms in total. The third kappa shape index (κ3) is 3.54. The summed E-state index contributed by atoms with van der Waals surface area (Å²) in [6.45, 7) is 7.51. The van der Waals surface area contributed by atoms with Crippen molar-refractivity contribution in [1.29, 1.82) is 0 Å². The van der Waals surface area contributed by atoms with Crippen LogP contribution in [0.3, 0.4) is 0 Å². The van der Waals surface area contributed by atoms with Gasteiger partial charge < -0.3 is 15.2 Å². The van der Waals surface area contributed by atoms with Crippen molar-refractivity contribution in [3.8, 4) is 10.8 Å². The van der Waals surface area contributed by atoms with E-state index in [4.69, 9.17) is 4.52 Å². The SMILES string of the molecule is Cc1noc(-c2sccc2NC(=O)NC(C)(C)C)n1. The molecule has 0 atom stereocenters. The highest BCUT2D eigenvalue weighted by molar-refractivity contribution is 7.14. The first-order chi connectivity index (χ1) is 8.85. The van der Waals surface area contributed by atoms with Gasteiger partial charge in [-0.15, -0.1) is 11.3 Å². The van der Waals surface area contributed by atoms with Gasteiger partial charge in [0.2, 0.25) is 0 Å². The van der Waals surface area contributed by atoms with Crippen LogP contribution in [0, 0.1) is 6.92 Å². The molecule has 0 bridgehead atoms. The first-order valence-electron chi connectivity index (χ1n) is 5.82. The fraction of sp³-hybridized carbons (Fsp3) is 0.417. The molecule has 0 spiro atoms. The van der Waals surface area contributed by atoms with Crippen LogP contribution in [0.5, 0.6) is 0 Å². The van der Waals surface area contributed by atoms with Gasteiger partial charge in [0.15, 0.2) is 5.82 Å². The Bertz CT molecular complexity index is 583. The molecule has 2 N–H and O–H groups in total. The zero-order valence-electron chi connectivity index (χ0n) is 11.3. The third-order valence-electron chi connectivity index (χ3n) is 2.12. The van der Waals surface area contributed by atoms with Gasteiger partial charge in [0, 0.05) is 5.54 Å². The molecule has 2 amide bonds. The molecule has 102 valence electrons. The van der Waals surface area contributed by atoms with E-state index in [1.54, 1.807) is 6.92 Å². The molecule has 2 aromatic heterocycles. The summed E-state index contributed by atoms with van der Waals surface area (Å²) in [7, 11) is 0. The lowest BCUT2D eigenvalue weighted by atomic mass is 10.1. The minimum absolute atomic E-state index is 0.261. The van der Waals surface area contributed by atoms with E-state index in [9.17, 15) is 4.79 Å². The van der Waals surface area contributed by atoms with Crippen molar-refractivity contribution >= 4 is 23.1 Å². The van der Waals surface area contributed by atoms with Crippen molar-refractivity contribution in [2.24, 2.45) is 0 Å². The number of hydrogen-bond acceptors (Lipinski definition) is 5. The molecule has 2 aromatic rings. The fourth-order valence-electron chi connectivity index (χ4n) is 1.46. The number of amides is 2. The van der Waals surface area contributed by atoms with E-state index in [2.05, 4.69) is 20.8 Å². The molecule has 0 radical (unpaired) electrons. The van der Waals surface area contributed by atoms with E-state index in [0.29, 0.717) is 17.4 Å². The standard InChI is InChI=1S/C12H16N4O2S/c1-7-13-10(18-16-7)9-8(5-6-19-9)14-11(17)15-12(2,3)4/h5-6H,1-4H3,(H2,14,15,17). The van der Waals surface area contributed by atoms with Crippen molar-refractivity contribution in [2.45, 2.75) is 33.2 Å². The number of nitrogens with zero attached hydrogens (tertiary/aromatic N) is 2. The number of nitrogens with one attached hydrogen (secondary N) is 2. The van der Waals surface area contributed by atoms with Crippen molar-refractivity contribution in [2.75, 3.05) is 5.32 Å². The molecule has 0 aromatic carbocycles. The number of urea groups is 1. The average molecular weight is 280 g/mol. The number of aromatic nitrogens is 2. The van der Waals surface area contributed by atoms with Gasteiger partial charge in [0.05, 0.1) is 5.69 Å². The molecular formula is C12H16N4O2S. The maximum absolute atomic E-state index is 11.8. The predicted octanol–water partition coefficient (Wildman–Crippen LogP) is 3.03. The summed E-state index contributed by atoms with van der Waals surface area (Å²) in [6, 6.07) is 1.55. The largest absolute Gasteiger partial charge is 0.333 e. The summed E-state index contributed by atoms with van der Waals surface area (Å²) >= 11 is 1.44. The van der Waals surface area contributed by atoms with Crippen LogP contribution in [-0.2, 0) is 0 Å². The van der Waals surface area contributed by atoms with Crippen LogP contribution in [0.4, 0.5) is 10.5 Å². The van der Waals surface area contributed by atoms with E-state index < -0.39 is 0 Å². The maximum Gasteiger partial charge on any atom is 0.319 e. The lowest BCUT2D eigenvalue weighted by Gasteiger charge is -2.20. The van der Waals surface area contributed by atoms with E-state index in [0.717, 1.165) is 4.88 Å². The highest BCUT2D eigenvalue weighted by atomic mass is 32.1. The second-order valence-corrected chi connectivity index (χ2v) is 6.06. The van der Waals surface area contributed by atoms with Crippen LogP contribution in [0.1, 0.15) is 26.6 Å². The second kappa shape index (κ2) is 5.00. The normalized spacial score (nSPS) is 11.4. The molecule has 19 heavy (non-hydrogen) atoms. The second-order valence-electron chi connectivity index (χ2n) is 5.14. The molecule has 7 heteroatoms. The van der Waals surface area contributed by atoms with Gasteiger partial charge in [-0.05, 0) is 39.1 Å². The summed E-state index contributed by atoms with van der Waals surface area (Å²) in [4.78, 5) is 16.7. The third-order valence-corrected chi connectivity index (χ3v) is 3.03. The Labute approximate surface area is 115 Å². The fourth-order valence-corrected chi connectivity index (χ4v) is 2.23. The van der Waals surface area contributed by atoms with E-state index in [1.807, 2.05) is 32.2 Å². The van der Waals surface area contributed by atoms with Crippen molar-refractivity contribution in [1.82, 2.24) is 15.5 Å². The Hall–Kier alpha value is -1.89. The molecular weight excluding hydrogens is 264 g/mol. The Balaban J connectivity index is 2.15. The highest BCUT2D eigenvalue weighted by Gasteiger charge is 2.18. The van der Waals surface area contributed by atoms with Crippen LogP contribution < -0.4 is 10.6 Å². The predicted molar refractivity (Wildman–Crippen MR) is 74.3 cm³/mol. The molecule has 2 heterocycles. The molecule has 0 aliphatic heterocycles. The lowest BCUT2D eigenvalue weighted by molar-refractivity contribution is 0.244. The number of carbonyl (C=O) groups is 1. The van der Waals surface area contributed by atoms with E-state index >= 15 is 0 Å². The van der Waals surface area contributed by atoms with Crippen LogP contribution in [0.25, 0.3) is 10.8 Å². The Morgan fingerprint density at radius 1 is 1.42 bits per heavy atom. The zero-order valence-corrected chi connectivity index (χ0v) is 12.1. The van der Waals surface area contributed by atoms with Gasteiger partial charge in [0.1, 0.15) is 4.88 Å². The molecule has 0 saturated heterocycles. The number of aryl methyl sites for hydroxylation is 1. The number of hydrogen-bond donors (Lipinski definition) is 2. The summed E-state index contributed by atoms with van der Waals surface area (Å²) in [5, 5.41) is 11.2. The monoisotopic (exact) mass is 280 g/mol. The molecule has 2 rings (SSSR count). The molecule has 0 saturated carbocycles. The summed E-state index contributed by atoms with van der Waals surface area (Å²) in [5.74, 6) is 0.979. The molecule has 0 fully saturated rings. The van der Waals surface area contributed by atoms with E-state index in [-0.39, 0.29) is 11.6 Å². The van der Waals surface area contributed by atoms with Gasteiger partial charge in [-0.2, -0.15) is 4.98 Å². The van der Waals surface area contributed by atoms with Crippen LogP contribution in [0.2, 0.25) is 0 Å². The van der Waals surface area contributed by atoms with Gasteiger partial charge in [-0.25, -0.2) is 4.79 Å². The minimum atomic E-state index is -0.290. The van der Waals surface area contributed by atoms with Gasteiger partial charge in [-0.3, -0.25) is 0 Å². The maximum atomic E-state index is 11.8. The quantitative estimate of drug-likeness (QED) is 0.886. The van der Waals surface area contributed by atoms with Crippen LogP contribution >= 0.6 is 11.3 Å². The number of carbonyl (C=O) groups excluding carboxylic acids is 1. The molecule has 0 aliphatic carbocycles. The van der Waals surface area contributed by atoms with Gasteiger partial charge in [0.25, 0.3) is 5.89 Å². The van der Waals surface area contributed by atoms with Gasteiger partial charge >= 0.3 is 6.03 Å². The number of thiophene rings is 1. The van der Waals surface area contributed by atoms with Crippen LogP contribution in [0.15, 0.2) is 16.0 Å². The summed E-state index contributed by atoms with van der Waals surface area (Å²) < 4.78 is 5.11. The summed E-state index contributed by atoms with van der Waals surface area (Å²) in [6.07, 6.45) is 0. The Kier molecular flexibility index (Phi) is 3.57. The first-order valence-corrected chi connectivity index (χ1v) is 6.70. The van der Waals surface area contributed by atoms with E-state index in [1.165, 1.54) is 11.3 Å². The smallest absolute Gasteiger partial charge is 0.319 e. The minimum Gasteiger partial charge on any atom is -0.333 e. The van der Waals surface area contributed by atoms with Crippen molar-refractivity contribution in [3.05, 3.63) is 17.3 Å². The number of rotatable bonds is 2. The van der Waals surface area contributed by atoms with Crippen LogP contribution in [-0.4, -0.2) is 21.7 Å². The lowest BCUT2D eigenvalue weighted by Crippen LogP contribution is -2.43. The molecule has 0 aliphatic rings. The zero-order chi connectivity index (χ0) is 14.0. The topological polar surface area (TPSA) is 80.0 Å². The highest BCUT2D eigenvalue weighted by Crippen LogP contribution is 2.32. The summed E-state index contributed by atoms with van der Waals surface area (Å²) in [5.41, 5.74) is 0.372. The first kappa shape index (κ1) is 13.5. The Morgan fingerprint density at radius 2 is 2.16 bits per heavy atom. The van der Waals surface area contributed by atoms with Gasteiger partial charge in [-0.1, -0.05) is 5.16 Å². The average Bonchev–Trinajstić information content (AvgIpc) is 2.83. The molecule has 0 unspecified atom stereocenters. The Morgan fingerprint density at radius 3 is 2.74 bits per heavy atom.